The summed E-state index contributed by atoms with van der Waals surface area (Å²) >= 11 is 0. The van der Waals surface area contributed by atoms with Crippen molar-refractivity contribution in [3.63, 3.8) is 0 Å². The Kier molecular flexibility index (Phi) is 4.42. The lowest BCUT2D eigenvalue weighted by Crippen LogP contribution is -2.41. The molecule has 0 bridgehead atoms. The van der Waals surface area contributed by atoms with Crippen LogP contribution in [0.25, 0.3) is 10.9 Å². The van der Waals surface area contributed by atoms with Crippen LogP contribution < -0.4 is 0 Å². The van der Waals surface area contributed by atoms with Gasteiger partial charge in [0.25, 0.3) is 0 Å². The lowest BCUT2D eigenvalue weighted by atomic mass is 10.00. The summed E-state index contributed by atoms with van der Waals surface area (Å²) in [4.78, 5) is 6.83. The Morgan fingerprint density at radius 1 is 1.12 bits per heavy atom. The molecule has 2 aromatic heterocycles. The number of aromatic nitrogens is 5. The third kappa shape index (κ3) is 3.20. The first-order chi connectivity index (χ1) is 12.5. The fourth-order valence-electron chi connectivity index (χ4n) is 3.47. The predicted molar refractivity (Wildman–Crippen MR) is 98.8 cm³/mol. The highest BCUT2D eigenvalue weighted by atomic mass is 16.5. The monoisotopic (exact) mass is 352 g/mol. The standard InChI is InChI=1S/C19H24N6O/c1-19(2,3)25-18(21-22-23-25)17(24-9-11-26-12-10-24)15-6-7-16-14(13-15)5-4-8-20-16/h4-8,13,17H,9-12H2,1-3H3/t17-/m0/s1. The van der Waals surface area contributed by atoms with E-state index in [4.69, 9.17) is 4.74 Å². The van der Waals surface area contributed by atoms with Gasteiger partial charge in [0, 0.05) is 24.7 Å². The van der Waals surface area contributed by atoms with Gasteiger partial charge >= 0.3 is 0 Å². The van der Waals surface area contributed by atoms with Gasteiger partial charge in [-0.2, -0.15) is 0 Å². The number of benzene rings is 1. The van der Waals surface area contributed by atoms with Gasteiger partial charge in [-0.05, 0) is 55.0 Å². The molecule has 0 N–H and O–H groups in total. The van der Waals surface area contributed by atoms with Crippen molar-refractivity contribution in [2.24, 2.45) is 0 Å². The second-order valence-electron chi connectivity index (χ2n) is 7.63. The Labute approximate surface area is 153 Å². The normalized spacial score (nSPS) is 17.5. The van der Waals surface area contributed by atoms with Crippen molar-refractivity contribution < 1.29 is 4.74 Å². The molecule has 0 saturated carbocycles. The van der Waals surface area contributed by atoms with Gasteiger partial charge < -0.3 is 4.74 Å². The molecule has 3 aromatic rings. The maximum Gasteiger partial charge on any atom is 0.173 e. The zero-order chi connectivity index (χ0) is 18.1. The van der Waals surface area contributed by atoms with Crippen molar-refractivity contribution in [1.82, 2.24) is 30.1 Å². The molecule has 7 nitrogen and oxygen atoms in total. The van der Waals surface area contributed by atoms with Crippen molar-refractivity contribution in [3.8, 4) is 0 Å². The first-order valence-electron chi connectivity index (χ1n) is 8.99. The molecule has 1 fully saturated rings. The highest BCUT2D eigenvalue weighted by Gasteiger charge is 2.32. The van der Waals surface area contributed by atoms with Gasteiger partial charge in [-0.15, -0.1) is 5.10 Å². The second-order valence-corrected chi connectivity index (χ2v) is 7.63. The summed E-state index contributed by atoms with van der Waals surface area (Å²) in [6.07, 6.45) is 1.82. The highest BCUT2D eigenvalue weighted by molar-refractivity contribution is 5.79. The Morgan fingerprint density at radius 2 is 1.92 bits per heavy atom. The van der Waals surface area contributed by atoms with Crippen molar-refractivity contribution in [2.75, 3.05) is 26.3 Å². The minimum absolute atomic E-state index is 0.0160. The lowest BCUT2D eigenvalue weighted by Gasteiger charge is -2.35. The number of tetrazole rings is 1. The molecule has 0 unspecified atom stereocenters. The van der Waals surface area contributed by atoms with Crippen LogP contribution in [0.2, 0.25) is 0 Å². The van der Waals surface area contributed by atoms with E-state index in [2.05, 4.69) is 70.4 Å². The molecule has 0 spiro atoms. The molecule has 1 aromatic carbocycles. The third-order valence-electron chi connectivity index (χ3n) is 4.73. The van der Waals surface area contributed by atoms with Gasteiger partial charge in [0.15, 0.2) is 5.82 Å². The minimum atomic E-state index is -0.193. The van der Waals surface area contributed by atoms with Crippen LogP contribution in [0.4, 0.5) is 0 Å². The molecule has 3 heterocycles. The van der Waals surface area contributed by atoms with E-state index in [1.165, 1.54) is 5.56 Å². The molecule has 0 amide bonds. The van der Waals surface area contributed by atoms with Crippen LogP contribution in [0.3, 0.4) is 0 Å². The van der Waals surface area contributed by atoms with Crippen molar-refractivity contribution >= 4 is 10.9 Å². The van der Waals surface area contributed by atoms with Gasteiger partial charge in [0.05, 0.1) is 30.3 Å². The average Bonchev–Trinajstić information content (AvgIpc) is 3.13. The van der Waals surface area contributed by atoms with Crippen LogP contribution in [0, 0.1) is 0 Å². The van der Waals surface area contributed by atoms with E-state index in [1.54, 1.807) is 0 Å². The van der Waals surface area contributed by atoms with E-state index in [9.17, 15) is 0 Å². The Morgan fingerprint density at radius 3 is 2.69 bits per heavy atom. The number of fused-ring (bicyclic) bond motifs is 1. The van der Waals surface area contributed by atoms with Crippen LogP contribution in [0.1, 0.15) is 38.2 Å². The largest absolute Gasteiger partial charge is 0.379 e. The summed E-state index contributed by atoms with van der Waals surface area (Å²) in [6.45, 7) is 9.51. The quantitative estimate of drug-likeness (QED) is 0.721. The van der Waals surface area contributed by atoms with Crippen LogP contribution in [0.5, 0.6) is 0 Å². The molecule has 26 heavy (non-hydrogen) atoms. The SMILES string of the molecule is CC(C)(C)n1nnnc1[C@H](c1ccc2ncccc2c1)N1CCOCC1. The average molecular weight is 352 g/mol. The fourth-order valence-corrected chi connectivity index (χ4v) is 3.47. The molecule has 4 rings (SSSR count). The van der Waals surface area contributed by atoms with Gasteiger partial charge in [-0.3, -0.25) is 9.88 Å². The zero-order valence-corrected chi connectivity index (χ0v) is 15.5. The van der Waals surface area contributed by atoms with E-state index in [0.717, 1.165) is 43.0 Å². The van der Waals surface area contributed by atoms with E-state index < -0.39 is 0 Å². The van der Waals surface area contributed by atoms with Crippen LogP contribution in [0.15, 0.2) is 36.5 Å². The number of nitrogens with zero attached hydrogens (tertiary/aromatic N) is 6. The molecule has 0 radical (unpaired) electrons. The zero-order valence-electron chi connectivity index (χ0n) is 15.5. The summed E-state index contributed by atoms with van der Waals surface area (Å²) in [5.74, 6) is 0.864. The third-order valence-corrected chi connectivity index (χ3v) is 4.73. The van der Waals surface area contributed by atoms with E-state index in [-0.39, 0.29) is 11.6 Å². The van der Waals surface area contributed by atoms with Gasteiger partial charge in [0.2, 0.25) is 0 Å². The number of hydrogen-bond donors (Lipinski definition) is 0. The second kappa shape index (κ2) is 6.74. The van der Waals surface area contributed by atoms with Gasteiger partial charge in [-0.1, -0.05) is 12.1 Å². The number of ether oxygens (including phenoxy) is 1. The first-order valence-corrected chi connectivity index (χ1v) is 8.99. The maximum atomic E-state index is 5.56. The molecule has 7 heteroatoms. The molecule has 136 valence electrons. The summed E-state index contributed by atoms with van der Waals surface area (Å²) in [5.41, 5.74) is 1.97. The van der Waals surface area contributed by atoms with E-state index >= 15 is 0 Å². The molecule has 1 aliphatic rings. The minimum Gasteiger partial charge on any atom is -0.379 e. The number of hydrogen-bond acceptors (Lipinski definition) is 6. The number of rotatable bonds is 3. The Hall–Kier alpha value is -2.38. The number of pyridine rings is 1. The van der Waals surface area contributed by atoms with Gasteiger partial charge in [-0.25, -0.2) is 4.68 Å². The Balaban J connectivity index is 1.84. The van der Waals surface area contributed by atoms with Crippen molar-refractivity contribution in [3.05, 3.63) is 47.9 Å². The maximum absolute atomic E-state index is 5.56. The molecule has 1 atom stereocenters. The summed E-state index contributed by atoms with van der Waals surface area (Å²) < 4.78 is 7.49. The molecule has 1 saturated heterocycles. The van der Waals surface area contributed by atoms with Crippen LogP contribution >= 0.6 is 0 Å². The van der Waals surface area contributed by atoms with E-state index in [1.807, 2.05) is 16.9 Å². The van der Waals surface area contributed by atoms with Crippen LogP contribution in [-0.2, 0) is 10.3 Å². The van der Waals surface area contributed by atoms with Crippen molar-refractivity contribution in [1.29, 1.82) is 0 Å². The summed E-state index contributed by atoms with van der Waals surface area (Å²) in [5, 5.41) is 13.8. The van der Waals surface area contributed by atoms with E-state index in [0.29, 0.717) is 0 Å². The van der Waals surface area contributed by atoms with Crippen LogP contribution in [-0.4, -0.2) is 56.4 Å². The first kappa shape index (κ1) is 17.1. The molecule has 0 aliphatic carbocycles. The highest BCUT2D eigenvalue weighted by Crippen LogP contribution is 2.31. The lowest BCUT2D eigenvalue weighted by molar-refractivity contribution is 0.0209. The molecular formula is C19H24N6O. The fraction of sp³-hybridized carbons (Fsp3) is 0.474. The van der Waals surface area contributed by atoms with Crippen molar-refractivity contribution in [2.45, 2.75) is 32.4 Å². The smallest absolute Gasteiger partial charge is 0.173 e. The Bertz CT molecular complexity index is 894. The van der Waals surface area contributed by atoms with Gasteiger partial charge in [0.1, 0.15) is 0 Å². The molecular weight excluding hydrogens is 328 g/mol. The summed E-state index contributed by atoms with van der Waals surface area (Å²) in [6, 6.07) is 10.5. The molecule has 1 aliphatic heterocycles. The topological polar surface area (TPSA) is 69.0 Å². The summed E-state index contributed by atoms with van der Waals surface area (Å²) in [7, 11) is 0. The number of morpholine rings is 1. The predicted octanol–water partition coefficient (Wildman–Crippen LogP) is 2.40.